The van der Waals surface area contributed by atoms with Gasteiger partial charge in [0.1, 0.15) is 5.82 Å². The molecule has 1 aromatic heterocycles. The van der Waals surface area contributed by atoms with Crippen LogP contribution in [0.5, 0.6) is 0 Å². The Labute approximate surface area is 186 Å². The Bertz CT molecular complexity index is 996. The molecule has 31 heavy (non-hydrogen) atoms. The topological polar surface area (TPSA) is 38.1 Å². The fourth-order valence-corrected chi connectivity index (χ4v) is 4.56. The van der Waals surface area contributed by atoms with Gasteiger partial charge in [-0.3, -0.25) is 4.79 Å². The number of carbonyl (C=O) groups excluding carboxylic acids is 1. The normalized spacial score (nSPS) is 17.4. The number of amides is 1. The molecule has 4 nitrogen and oxygen atoms in total. The van der Waals surface area contributed by atoms with Crippen LogP contribution in [0.1, 0.15) is 69.2 Å². The molecule has 1 heterocycles. The molecule has 0 N–H and O–H groups in total. The summed E-state index contributed by atoms with van der Waals surface area (Å²) in [7, 11) is 1.99. The second-order valence-electron chi connectivity index (χ2n) is 8.79. The van der Waals surface area contributed by atoms with Crippen LogP contribution in [0.3, 0.4) is 0 Å². The summed E-state index contributed by atoms with van der Waals surface area (Å²) in [5.41, 5.74) is 5.20. The van der Waals surface area contributed by atoms with Crippen molar-refractivity contribution >= 4 is 5.91 Å². The van der Waals surface area contributed by atoms with Gasteiger partial charge in [0.2, 0.25) is 5.91 Å². The van der Waals surface area contributed by atoms with Gasteiger partial charge in [-0.2, -0.15) is 0 Å². The molecule has 2 aromatic rings. The van der Waals surface area contributed by atoms with Crippen molar-refractivity contribution < 1.29 is 4.79 Å². The highest BCUT2D eigenvalue weighted by Crippen LogP contribution is 2.32. The third-order valence-corrected chi connectivity index (χ3v) is 6.56. The Hall–Kier alpha value is -2.88. The summed E-state index contributed by atoms with van der Waals surface area (Å²) >= 11 is 0. The first-order valence-corrected chi connectivity index (χ1v) is 11.5. The first-order valence-electron chi connectivity index (χ1n) is 11.5. The smallest absolute Gasteiger partial charge is 0.227 e. The first kappa shape index (κ1) is 21.4. The molecule has 2 aliphatic carbocycles. The summed E-state index contributed by atoms with van der Waals surface area (Å²) in [6, 6.07) is 10.3. The minimum atomic E-state index is 0.157. The van der Waals surface area contributed by atoms with Gasteiger partial charge in [0.25, 0.3) is 0 Å². The Balaban J connectivity index is 1.59. The Morgan fingerprint density at radius 2 is 1.87 bits per heavy atom. The quantitative estimate of drug-likeness (QED) is 0.576. The molecule has 0 spiro atoms. The third kappa shape index (κ3) is 5.25. The van der Waals surface area contributed by atoms with Crippen LogP contribution in [0.2, 0.25) is 0 Å². The minimum Gasteiger partial charge on any atom is -0.337 e. The molecule has 0 radical (unpaired) electrons. The number of imidazole rings is 1. The second-order valence-corrected chi connectivity index (χ2v) is 8.79. The van der Waals surface area contributed by atoms with Gasteiger partial charge in [-0.05, 0) is 54.4 Å². The van der Waals surface area contributed by atoms with Crippen LogP contribution >= 0.6 is 0 Å². The monoisotopic (exact) mass is 415 g/mol. The van der Waals surface area contributed by atoms with Gasteiger partial charge in [-0.15, -0.1) is 0 Å². The molecule has 1 atom stereocenters. The van der Waals surface area contributed by atoms with E-state index in [1.54, 1.807) is 6.20 Å². The molecule has 1 fully saturated rings. The van der Waals surface area contributed by atoms with Gasteiger partial charge >= 0.3 is 0 Å². The predicted molar refractivity (Wildman–Crippen MR) is 125 cm³/mol. The van der Waals surface area contributed by atoms with Crippen LogP contribution in [-0.2, 0) is 18.4 Å². The summed E-state index contributed by atoms with van der Waals surface area (Å²) in [4.78, 5) is 20.0. The van der Waals surface area contributed by atoms with Gasteiger partial charge in [0.05, 0.1) is 6.54 Å². The lowest BCUT2D eigenvalue weighted by Gasteiger charge is -2.26. The van der Waals surface area contributed by atoms with Crippen LogP contribution in [0.4, 0.5) is 0 Å². The summed E-state index contributed by atoms with van der Waals surface area (Å²) < 4.78 is 2.00. The molecular weight excluding hydrogens is 382 g/mol. The van der Waals surface area contributed by atoms with Crippen LogP contribution in [-0.4, -0.2) is 20.4 Å². The lowest BCUT2D eigenvalue weighted by Crippen LogP contribution is -2.31. The van der Waals surface area contributed by atoms with Gasteiger partial charge in [0.15, 0.2) is 0 Å². The van der Waals surface area contributed by atoms with Gasteiger partial charge in [0, 0.05) is 38.0 Å². The molecule has 0 aliphatic heterocycles. The summed E-state index contributed by atoms with van der Waals surface area (Å²) in [5, 5.41) is 0. The van der Waals surface area contributed by atoms with Crippen molar-refractivity contribution in [2.45, 2.75) is 64.3 Å². The van der Waals surface area contributed by atoms with Crippen molar-refractivity contribution in [1.82, 2.24) is 14.5 Å². The molecular formula is C27H33N3O. The van der Waals surface area contributed by atoms with Crippen LogP contribution in [0, 0.1) is 0 Å². The molecule has 162 valence electrons. The van der Waals surface area contributed by atoms with Crippen LogP contribution in [0.25, 0.3) is 0 Å². The molecule has 0 saturated heterocycles. The van der Waals surface area contributed by atoms with Gasteiger partial charge in [-0.25, -0.2) is 4.98 Å². The highest BCUT2D eigenvalue weighted by molar-refractivity contribution is 5.79. The molecule has 1 amide bonds. The number of aryl methyl sites for hydroxylation is 1. The number of rotatable bonds is 6. The fraction of sp³-hybridized carbons (Fsp3) is 0.407. The van der Waals surface area contributed by atoms with E-state index >= 15 is 0 Å². The number of aromatic nitrogens is 2. The maximum Gasteiger partial charge on any atom is 0.227 e. The van der Waals surface area contributed by atoms with Crippen molar-refractivity contribution in [3.8, 4) is 0 Å². The number of fused-ring (bicyclic) bond motifs is 1. The Morgan fingerprint density at radius 1 is 1.10 bits per heavy atom. The number of allylic oxidation sites excluding steroid dienone is 5. The average Bonchev–Trinajstić information content (AvgIpc) is 2.95. The van der Waals surface area contributed by atoms with E-state index in [-0.39, 0.29) is 11.8 Å². The van der Waals surface area contributed by atoms with Crippen molar-refractivity contribution in [3.05, 3.63) is 89.2 Å². The Kier molecular flexibility index (Phi) is 6.86. The summed E-state index contributed by atoms with van der Waals surface area (Å²) in [5.74, 6) is 1.23. The summed E-state index contributed by atoms with van der Waals surface area (Å²) in [6.07, 6.45) is 18.0. The number of hydrogen-bond acceptors (Lipinski definition) is 2. The number of nitrogens with zero attached hydrogens (tertiary/aromatic N) is 3. The number of benzene rings is 1. The zero-order valence-corrected chi connectivity index (χ0v) is 18.8. The van der Waals surface area contributed by atoms with E-state index in [4.69, 9.17) is 0 Å². The number of carbonyl (C=O) groups is 1. The van der Waals surface area contributed by atoms with E-state index in [0.717, 1.165) is 30.8 Å². The molecule has 1 saturated carbocycles. The standard InChI is InChI=1S/C27H33N3O/c1-21(22-9-5-3-6-10-22)19-27(31)30(20-26-28-17-18-29(26)2)25-15-13-23-11-7-4-8-12-24(23)14-16-25/h3,5-6,9-10,13-15,17-18,21H,4,7-8,11-12,16,19-20H2,1-2H3/t21-/m0/s1. The Morgan fingerprint density at radius 3 is 2.61 bits per heavy atom. The van der Waals surface area contributed by atoms with Crippen molar-refractivity contribution in [2.75, 3.05) is 0 Å². The highest BCUT2D eigenvalue weighted by Gasteiger charge is 2.23. The van der Waals surface area contributed by atoms with E-state index in [1.165, 1.54) is 36.0 Å². The lowest BCUT2D eigenvalue weighted by atomic mass is 9.97. The number of hydrogen-bond donors (Lipinski definition) is 0. The molecule has 0 bridgehead atoms. The van der Waals surface area contributed by atoms with E-state index in [1.807, 2.05) is 40.9 Å². The lowest BCUT2D eigenvalue weighted by molar-refractivity contribution is -0.130. The average molecular weight is 416 g/mol. The first-order chi connectivity index (χ1) is 15.1. The zero-order valence-electron chi connectivity index (χ0n) is 18.8. The van der Waals surface area contributed by atoms with E-state index in [2.05, 4.69) is 42.3 Å². The highest BCUT2D eigenvalue weighted by atomic mass is 16.2. The van der Waals surface area contributed by atoms with Crippen molar-refractivity contribution in [2.24, 2.45) is 7.05 Å². The van der Waals surface area contributed by atoms with Gasteiger partial charge in [-0.1, -0.05) is 55.8 Å². The maximum atomic E-state index is 13.6. The minimum absolute atomic E-state index is 0.157. The van der Waals surface area contributed by atoms with Crippen molar-refractivity contribution in [1.29, 1.82) is 0 Å². The molecule has 0 unspecified atom stereocenters. The summed E-state index contributed by atoms with van der Waals surface area (Å²) in [6.45, 7) is 2.64. The molecule has 1 aromatic carbocycles. The maximum absolute atomic E-state index is 13.6. The molecule has 4 rings (SSSR count). The SMILES string of the molecule is C[C@@H](CC(=O)N(Cc1nccn1C)C1=CC=C2CCCCCC2=CC1)c1ccccc1. The van der Waals surface area contributed by atoms with E-state index in [9.17, 15) is 4.79 Å². The largest absolute Gasteiger partial charge is 0.337 e. The zero-order chi connectivity index (χ0) is 21.6. The second kappa shape index (κ2) is 9.95. The van der Waals surface area contributed by atoms with Crippen LogP contribution in [0.15, 0.2) is 77.8 Å². The third-order valence-electron chi connectivity index (χ3n) is 6.56. The van der Waals surface area contributed by atoms with E-state index < -0.39 is 0 Å². The fourth-order valence-electron chi connectivity index (χ4n) is 4.56. The molecule has 4 heteroatoms. The van der Waals surface area contributed by atoms with Gasteiger partial charge < -0.3 is 9.47 Å². The molecule has 2 aliphatic rings. The predicted octanol–water partition coefficient (Wildman–Crippen LogP) is 6.05. The van der Waals surface area contributed by atoms with Crippen LogP contribution < -0.4 is 0 Å². The van der Waals surface area contributed by atoms with Crippen molar-refractivity contribution in [3.63, 3.8) is 0 Å². The van der Waals surface area contributed by atoms with E-state index in [0.29, 0.717) is 13.0 Å².